The number of hydrogen-bond acceptors (Lipinski definition) is 5. The van der Waals surface area contributed by atoms with Crippen LogP contribution < -0.4 is 9.64 Å². The fraction of sp³-hybridized carbons (Fsp3) is 0.357. The van der Waals surface area contributed by atoms with E-state index in [-0.39, 0.29) is 11.2 Å². The summed E-state index contributed by atoms with van der Waals surface area (Å²) in [7, 11) is 3.44. The van der Waals surface area contributed by atoms with E-state index in [0.717, 1.165) is 23.0 Å². The Morgan fingerprint density at radius 3 is 2.90 bits per heavy atom. The Morgan fingerprint density at radius 1 is 1.38 bits per heavy atom. The van der Waals surface area contributed by atoms with Crippen LogP contribution in [-0.4, -0.2) is 39.6 Å². The average molecular weight is 304 g/mol. The largest absolute Gasteiger partial charge is 0.495 e. The summed E-state index contributed by atoms with van der Waals surface area (Å²) in [5.74, 6) is 0.808. The van der Waals surface area contributed by atoms with Gasteiger partial charge in [0.15, 0.2) is 5.16 Å². The lowest BCUT2D eigenvalue weighted by Gasteiger charge is -2.19. The van der Waals surface area contributed by atoms with Gasteiger partial charge in [0.2, 0.25) is 5.91 Å². The molecule has 1 aliphatic heterocycles. The number of carbonyl (C=O) groups is 1. The number of amides is 1. The van der Waals surface area contributed by atoms with Crippen molar-refractivity contribution < 1.29 is 9.53 Å². The molecule has 1 aliphatic rings. The van der Waals surface area contributed by atoms with Crippen molar-refractivity contribution in [3.8, 4) is 5.75 Å². The molecule has 1 aromatic carbocycles. The third kappa shape index (κ3) is 2.61. The number of thioether (sulfide) groups is 1. The maximum absolute atomic E-state index is 12.6. The molecular formula is C14H16N4O2S. The van der Waals surface area contributed by atoms with E-state index in [1.54, 1.807) is 16.7 Å². The molecule has 0 unspecified atom stereocenters. The van der Waals surface area contributed by atoms with E-state index >= 15 is 0 Å². The molecule has 1 aromatic heterocycles. The molecule has 1 fully saturated rings. The minimum absolute atomic E-state index is 0.0903. The number of ether oxygens (including phenoxy) is 1. The molecule has 0 aliphatic carbocycles. The lowest BCUT2D eigenvalue weighted by Crippen LogP contribution is -2.28. The highest BCUT2D eigenvalue weighted by atomic mass is 32.2. The molecule has 0 radical (unpaired) electrons. The normalized spacial score (nSPS) is 18.3. The maximum atomic E-state index is 12.6. The number of aromatic nitrogens is 3. The van der Waals surface area contributed by atoms with Crippen molar-refractivity contribution >= 4 is 23.4 Å². The van der Waals surface area contributed by atoms with E-state index < -0.39 is 0 Å². The zero-order valence-electron chi connectivity index (χ0n) is 11.9. The van der Waals surface area contributed by atoms with Gasteiger partial charge < -0.3 is 9.64 Å². The SMILES string of the molecule is COc1ccccc1N1CC[C@@H](Sc2ncnn2C)C1=O. The van der Waals surface area contributed by atoms with Gasteiger partial charge in [-0.15, -0.1) is 0 Å². The van der Waals surface area contributed by atoms with Crippen molar-refractivity contribution in [3.63, 3.8) is 0 Å². The van der Waals surface area contributed by atoms with Gasteiger partial charge in [-0.3, -0.25) is 4.79 Å². The molecule has 2 heterocycles. The third-order valence-corrected chi connectivity index (χ3v) is 4.75. The molecule has 0 bridgehead atoms. The van der Waals surface area contributed by atoms with Crippen molar-refractivity contribution in [1.82, 2.24) is 14.8 Å². The summed E-state index contributed by atoms with van der Waals surface area (Å²) in [5, 5.41) is 4.66. The number of benzene rings is 1. The predicted octanol–water partition coefficient (Wildman–Crippen LogP) is 1.72. The van der Waals surface area contributed by atoms with E-state index in [2.05, 4.69) is 10.1 Å². The topological polar surface area (TPSA) is 60.2 Å². The van der Waals surface area contributed by atoms with Gasteiger partial charge >= 0.3 is 0 Å². The van der Waals surface area contributed by atoms with Gasteiger partial charge in [-0.1, -0.05) is 23.9 Å². The highest BCUT2D eigenvalue weighted by Gasteiger charge is 2.35. The van der Waals surface area contributed by atoms with Gasteiger partial charge in [0, 0.05) is 13.6 Å². The molecule has 3 rings (SSSR count). The zero-order valence-corrected chi connectivity index (χ0v) is 12.7. The average Bonchev–Trinajstić information content (AvgIpc) is 3.07. The van der Waals surface area contributed by atoms with Crippen LogP contribution in [0.4, 0.5) is 5.69 Å². The third-order valence-electron chi connectivity index (χ3n) is 3.45. The molecule has 1 atom stereocenters. The smallest absolute Gasteiger partial charge is 0.240 e. The second-order valence-corrected chi connectivity index (χ2v) is 5.89. The second kappa shape index (κ2) is 5.77. The number of hydrogen-bond donors (Lipinski definition) is 0. The molecule has 6 nitrogen and oxygen atoms in total. The fourth-order valence-electron chi connectivity index (χ4n) is 2.37. The van der Waals surface area contributed by atoms with Crippen LogP contribution in [0.25, 0.3) is 0 Å². The summed E-state index contributed by atoms with van der Waals surface area (Å²) in [6, 6.07) is 7.58. The van der Waals surface area contributed by atoms with E-state index in [0.29, 0.717) is 6.54 Å². The Hall–Kier alpha value is -2.02. The van der Waals surface area contributed by atoms with Gasteiger partial charge in [0.25, 0.3) is 0 Å². The van der Waals surface area contributed by atoms with Gasteiger partial charge in [0.1, 0.15) is 12.1 Å². The van der Waals surface area contributed by atoms with Gasteiger partial charge in [-0.25, -0.2) is 9.67 Å². The van der Waals surface area contributed by atoms with Crippen molar-refractivity contribution in [3.05, 3.63) is 30.6 Å². The van der Waals surface area contributed by atoms with Crippen LogP contribution in [0, 0.1) is 0 Å². The van der Waals surface area contributed by atoms with Crippen LogP contribution in [0.5, 0.6) is 5.75 Å². The summed E-state index contributed by atoms with van der Waals surface area (Å²) < 4.78 is 7.02. The summed E-state index contributed by atoms with van der Waals surface area (Å²) in [5.41, 5.74) is 0.825. The summed E-state index contributed by atoms with van der Waals surface area (Å²) >= 11 is 1.46. The van der Waals surface area contributed by atoms with Crippen LogP contribution in [0.1, 0.15) is 6.42 Å². The number of methoxy groups -OCH3 is 1. The molecule has 1 saturated heterocycles. The lowest BCUT2D eigenvalue weighted by molar-refractivity contribution is -0.116. The molecule has 2 aromatic rings. The van der Waals surface area contributed by atoms with E-state index in [1.807, 2.05) is 31.3 Å². The molecule has 21 heavy (non-hydrogen) atoms. The lowest BCUT2D eigenvalue weighted by atomic mass is 10.2. The van der Waals surface area contributed by atoms with Crippen molar-refractivity contribution in [2.75, 3.05) is 18.6 Å². The number of anilines is 1. The molecule has 110 valence electrons. The summed E-state index contributed by atoms with van der Waals surface area (Å²) in [6.07, 6.45) is 2.29. The first-order valence-corrected chi connectivity index (χ1v) is 7.53. The Morgan fingerprint density at radius 2 is 2.19 bits per heavy atom. The quantitative estimate of drug-likeness (QED) is 0.861. The predicted molar refractivity (Wildman–Crippen MR) is 80.6 cm³/mol. The number of aryl methyl sites for hydroxylation is 1. The molecule has 0 spiro atoms. The number of carbonyl (C=O) groups excluding carboxylic acids is 1. The Labute approximate surface area is 127 Å². The van der Waals surface area contributed by atoms with Crippen LogP contribution in [0.3, 0.4) is 0 Å². The number of nitrogens with zero attached hydrogens (tertiary/aromatic N) is 4. The van der Waals surface area contributed by atoms with Gasteiger partial charge in [0.05, 0.1) is 18.0 Å². The van der Waals surface area contributed by atoms with E-state index in [1.165, 1.54) is 18.1 Å². The first kappa shape index (κ1) is 13.9. The van der Waals surface area contributed by atoms with E-state index in [4.69, 9.17) is 4.74 Å². The molecular weight excluding hydrogens is 288 g/mol. The van der Waals surface area contributed by atoms with Crippen LogP contribution in [0.2, 0.25) is 0 Å². The molecule has 7 heteroatoms. The van der Waals surface area contributed by atoms with E-state index in [9.17, 15) is 4.79 Å². The molecule has 0 N–H and O–H groups in total. The maximum Gasteiger partial charge on any atom is 0.240 e. The standard InChI is InChI=1S/C14H16N4O2S/c1-17-14(15-9-16-17)21-12-7-8-18(13(12)19)10-5-3-4-6-11(10)20-2/h3-6,9,12H,7-8H2,1-2H3/t12-/m1/s1. The van der Waals surface area contributed by atoms with Gasteiger partial charge in [-0.05, 0) is 18.6 Å². The molecule has 1 amide bonds. The fourth-order valence-corrected chi connectivity index (χ4v) is 3.39. The summed E-state index contributed by atoms with van der Waals surface area (Å²) in [4.78, 5) is 18.6. The first-order valence-electron chi connectivity index (χ1n) is 6.65. The highest BCUT2D eigenvalue weighted by molar-refractivity contribution is 8.00. The van der Waals surface area contributed by atoms with Crippen molar-refractivity contribution in [1.29, 1.82) is 0 Å². The minimum atomic E-state index is -0.127. The van der Waals surface area contributed by atoms with Crippen molar-refractivity contribution in [2.24, 2.45) is 7.05 Å². The van der Waals surface area contributed by atoms with Gasteiger partial charge in [-0.2, -0.15) is 5.10 Å². The summed E-state index contributed by atoms with van der Waals surface area (Å²) in [6.45, 7) is 0.689. The molecule has 0 saturated carbocycles. The monoisotopic (exact) mass is 304 g/mol. The zero-order chi connectivity index (χ0) is 14.8. The first-order chi connectivity index (χ1) is 10.2. The van der Waals surface area contributed by atoms with Crippen molar-refractivity contribution in [2.45, 2.75) is 16.8 Å². The Balaban J connectivity index is 1.79. The van der Waals surface area contributed by atoms with Crippen LogP contribution in [-0.2, 0) is 11.8 Å². The number of para-hydroxylation sites is 2. The highest BCUT2D eigenvalue weighted by Crippen LogP contribution is 2.35. The van der Waals surface area contributed by atoms with Crippen LogP contribution >= 0.6 is 11.8 Å². The second-order valence-electron chi connectivity index (χ2n) is 4.72. The Bertz CT molecular complexity index is 658. The van der Waals surface area contributed by atoms with Crippen LogP contribution in [0.15, 0.2) is 35.7 Å². The number of rotatable bonds is 4. The minimum Gasteiger partial charge on any atom is -0.495 e. The Kier molecular flexibility index (Phi) is 3.83.